The highest BCUT2D eigenvalue weighted by atomic mass is 32.2. The SMILES string of the molecule is CCSCc1ccc(C(=O)N2CCNCC2c2ccccc2OC)cc1. The number of nitrogens with zero attached hydrogens (tertiary/aromatic N) is 1. The number of amides is 1. The van der Waals surface area contributed by atoms with Gasteiger partial charge < -0.3 is 15.0 Å². The summed E-state index contributed by atoms with van der Waals surface area (Å²) < 4.78 is 5.52. The maximum absolute atomic E-state index is 13.2. The van der Waals surface area contributed by atoms with Gasteiger partial charge in [-0.1, -0.05) is 37.3 Å². The average molecular weight is 371 g/mol. The van der Waals surface area contributed by atoms with Crippen LogP contribution in [0.1, 0.15) is 34.5 Å². The van der Waals surface area contributed by atoms with E-state index < -0.39 is 0 Å². The summed E-state index contributed by atoms with van der Waals surface area (Å²) in [5.41, 5.74) is 3.05. The quantitative estimate of drug-likeness (QED) is 0.841. The number of hydrogen-bond acceptors (Lipinski definition) is 4. The predicted octanol–water partition coefficient (Wildman–Crippen LogP) is 3.74. The van der Waals surface area contributed by atoms with Crippen LogP contribution in [0.3, 0.4) is 0 Å². The summed E-state index contributed by atoms with van der Waals surface area (Å²) in [5, 5.41) is 3.40. The number of piperazine rings is 1. The second kappa shape index (κ2) is 9.10. The van der Waals surface area contributed by atoms with Gasteiger partial charge in [0.2, 0.25) is 0 Å². The van der Waals surface area contributed by atoms with E-state index in [2.05, 4.69) is 24.4 Å². The summed E-state index contributed by atoms with van der Waals surface area (Å²) in [4.78, 5) is 15.1. The number of hydrogen-bond donors (Lipinski definition) is 1. The Labute approximate surface area is 159 Å². The number of methoxy groups -OCH3 is 1. The van der Waals surface area contributed by atoms with Crippen LogP contribution in [0.5, 0.6) is 5.75 Å². The third kappa shape index (κ3) is 4.22. The first-order valence-corrected chi connectivity index (χ1v) is 10.2. The van der Waals surface area contributed by atoms with Crippen molar-refractivity contribution < 1.29 is 9.53 Å². The van der Waals surface area contributed by atoms with Crippen LogP contribution in [0.25, 0.3) is 0 Å². The first-order chi connectivity index (χ1) is 12.7. The molecule has 4 nitrogen and oxygen atoms in total. The Hall–Kier alpha value is -1.98. The first kappa shape index (κ1) is 18.8. The fraction of sp³-hybridized carbons (Fsp3) is 0.381. The van der Waals surface area contributed by atoms with Gasteiger partial charge in [0.1, 0.15) is 5.75 Å². The number of benzene rings is 2. The van der Waals surface area contributed by atoms with Crippen LogP contribution in [0.2, 0.25) is 0 Å². The van der Waals surface area contributed by atoms with Crippen LogP contribution in [0.4, 0.5) is 0 Å². The van der Waals surface area contributed by atoms with Gasteiger partial charge in [-0.25, -0.2) is 0 Å². The van der Waals surface area contributed by atoms with Crippen molar-refractivity contribution in [3.63, 3.8) is 0 Å². The van der Waals surface area contributed by atoms with E-state index in [-0.39, 0.29) is 11.9 Å². The zero-order valence-corrected chi connectivity index (χ0v) is 16.2. The molecule has 1 aliphatic rings. The van der Waals surface area contributed by atoms with E-state index in [0.717, 1.165) is 41.5 Å². The molecule has 1 unspecified atom stereocenters. The summed E-state index contributed by atoms with van der Waals surface area (Å²) in [7, 11) is 1.67. The Morgan fingerprint density at radius 1 is 1.23 bits per heavy atom. The van der Waals surface area contributed by atoms with Gasteiger partial charge in [0.05, 0.1) is 13.2 Å². The third-order valence-corrected chi connectivity index (χ3v) is 5.62. The van der Waals surface area contributed by atoms with Crippen LogP contribution in [0, 0.1) is 0 Å². The number of thioether (sulfide) groups is 1. The summed E-state index contributed by atoms with van der Waals surface area (Å²) in [6, 6.07) is 16.0. The van der Waals surface area contributed by atoms with Crippen molar-refractivity contribution in [3.05, 3.63) is 65.2 Å². The molecule has 0 aliphatic carbocycles. The Kier molecular flexibility index (Phi) is 6.58. The zero-order chi connectivity index (χ0) is 18.4. The van der Waals surface area contributed by atoms with Gasteiger partial charge in [0.15, 0.2) is 0 Å². The van der Waals surface area contributed by atoms with Gasteiger partial charge in [0.25, 0.3) is 5.91 Å². The van der Waals surface area contributed by atoms with E-state index in [1.54, 1.807) is 7.11 Å². The van der Waals surface area contributed by atoms with Gasteiger partial charge in [-0.15, -0.1) is 0 Å². The number of para-hydroxylation sites is 1. The lowest BCUT2D eigenvalue weighted by Gasteiger charge is -2.37. The van der Waals surface area contributed by atoms with E-state index in [9.17, 15) is 4.79 Å². The molecule has 138 valence electrons. The average Bonchev–Trinajstić information content (AvgIpc) is 2.72. The lowest BCUT2D eigenvalue weighted by Crippen LogP contribution is -2.48. The number of carbonyl (C=O) groups is 1. The van der Waals surface area contributed by atoms with Crippen molar-refractivity contribution in [2.24, 2.45) is 0 Å². The molecule has 5 heteroatoms. The maximum atomic E-state index is 13.2. The molecule has 2 aromatic rings. The standard InChI is InChI=1S/C21H26N2O2S/c1-3-26-15-16-8-10-17(11-9-16)21(24)23-13-12-22-14-19(23)18-6-4-5-7-20(18)25-2/h4-11,19,22H,3,12-15H2,1-2H3. The predicted molar refractivity (Wildman–Crippen MR) is 108 cm³/mol. The van der Waals surface area contributed by atoms with Gasteiger partial charge in [-0.05, 0) is 29.5 Å². The fourth-order valence-corrected chi connectivity index (χ4v) is 3.93. The molecule has 0 aromatic heterocycles. The van der Waals surface area contributed by atoms with Crippen molar-refractivity contribution in [1.29, 1.82) is 0 Å². The smallest absolute Gasteiger partial charge is 0.254 e. The molecule has 1 saturated heterocycles. The van der Waals surface area contributed by atoms with E-state index in [0.29, 0.717) is 6.54 Å². The molecule has 26 heavy (non-hydrogen) atoms. The largest absolute Gasteiger partial charge is 0.496 e. The van der Waals surface area contributed by atoms with Gasteiger partial charge in [0, 0.05) is 36.5 Å². The molecule has 3 rings (SSSR count). The summed E-state index contributed by atoms with van der Waals surface area (Å²) in [6.45, 7) is 4.39. The highest BCUT2D eigenvalue weighted by Crippen LogP contribution is 2.31. The molecule has 1 N–H and O–H groups in total. The van der Waals surface area contributed by atoms with Crippen molar-refractivity contribution in [2.45, 2.75) is 18.7 Å². The van der Waals surface area contributed by atoms with Crippen LogP contribution in [-0.2, 0) is 5.75 Å². The normalized spacial score (nSPS) is 17.2. The minimum Gasteiger partial charge on any atom is -0.496 e. The molecule has 1 heterocycles. The van der Waals surface area contributed by atoms with E-state index in [4.69, 9.17) is 4.74 Å². The minimum atomic E-state index is -0.0253. The molecule has 0 radical (unpaired) electrons. The Balaban J connectivity index is 1.82. The number of carbonyl (C=O) groups excluding carboxylic acids is 1. The molecular weight excluding hydrogens is 344 g/mol. The van der Waals surface area contributed by atoms with Gasteiger partial charge in [-0.2, -0.15) is 11.8 Å². The van der Waals surface area contributed by atoms with Crippen LogP contribution in [-0.4, -0.2) is 43.3 Å². The molecule has 0 spiro atoms. The first-order valence-electron chi connectivity index (χ1n) is 9.06. The van der Waals surface area contributed by atoms with Crippen molar-refractivity contribution >= 4 is 17.7 Å². The summed E-state index contributed by atoms with van der Waals surface area (Å²) in [5.74, 6) is 2.99. The molecular formula is C21H26N2O2S. The summed E-state index contributed by atoms with van der Waals surface area (Å²) in [6.07, 6.45) is 0. The molecule has 1 atom stereocenters. The number of ether oxygens (including phenoxy) is 1. The molecule has 2 aromatic carbocycles. The lowest BCUT2D eigenvalue weighted by atomic mass is 10.0. The van der Waals surface area contributed by atoms with E-state index in [1.807, 2.05) is 53.1 Å². The molecule has 0 bridgehead atoms. The van der Waals surface area contributed by atoms with Crippen molar-refractivity contribution in [3.8, 4) is 5.75 Å². The Bertz CT molecular complexity index is 733. The fourth-order valence-electron chi connectivity index (χ4n) is 3.30. The van der Waals surface area contributed by atoms with Crippen molar-refractivity contribution in [2.75, 3.05) is 32.5 Å². The summed E-state index contributed by atoms with van der Waals surface area (Å²) >= 11 is 1.89. The molecule has 1 amide bonds. The molecule has 0 saturated carbocycles. The Morgan fingerprint density at radius 3 is 2.73 bits per heavy atom. The minimum absolute atomic E-state index is 0.0253. The second-order valence-corrected chi connectivity index (χ2v) is 7.57. The third-order valence-electron chi connectivity index (χ3n) is 4.68. The van der Waals surface area contributed by atoms with Crippen molar-refractivity contribution in [1.82, 2.24) is 10.2 Å². The van der Waals surface area contributed by atoms with E-state index in [1.165, 1.54) is 5.56 Å². The van der Waals surface area contributed by atoms with Crippen LogP contribution in [0.15, 0.2) is 48.5 Å². The van der Waals surface area contributed by atoms with Crippen LogP contribution < -0.4 is 10.1 Å². The number of rotatable bonds is 6. The van der Waals surface area contributed by atoms with Gasteiger partial charge in [-0.3, -0.25) is 4.79 Å². The monoisotopic (exact) mass is 370 g/mol. The molecule has 1 fully saturated rings. The topological polar surface area (TPSA) is 41.6 Å². The lowest BCUT2D eigenvalue weighted by molar-refractivity contribution is 0.0631. The second-order valence-electron chi connectivity index (χ2n) is 6.29. The highest BCUT2D eigenvalue weighted by Gasteiger charge is 2.30. The van der Waals surface area contributed by atoms with E-state index >= 15 is 0 Å². The molecule has 1 aliphatic heterocycles. The maximum Gasteiger partial charge on any atom is 0.254 e. The van der Waals surface area contributed by atoms with Crippen LogP contribution >= 0.6 is 11.8 Å². The zero-order valence-electron chi connectivity index (χ0n) is 15.4. The number of nitrogens with one attached hydrogen (secondary N) is 1. The highest BCUT2D eigenvalue weighted by molar-refractivity contribution is 7.98. The van der Waals surface area contributed by atoms with Gasteiger partial charge >= 0.3 is 0 Å². The Morgan fingerprint density at radius 2 is 2.00 bits per heavy atom.